The molecule has 0 radical (unpaired) electrons. The van der Waals surface area contributed by atoms with Gasteiger partial charge in [0.15, 0.2) is 5.78 Å². The summed E-state index contributed by atoms with van der Waals surface area (Å²) >= 11 is 0. The van der Waals surface area contributed by atoms with Gasteiger partial charge >= 0.3 is 0 Å². The number of aromatic nitrogens is 3. The first-order valence-corrected chi connectivity index (χ1v) is 7.79. The molecule has 24 heavy (non-hydrogen) atoms. The molecule has 0 amide bonds. The first kappa shape index (κ1) is 14.3. The summed E-state index contributed by atoms with van der Waals surface area (Å²) in [5, 5.41) is 8.47. The molecule has 1 heterocycles. The Kier molecular flexibility index (Phi) is 3.63. The lowest BCUT2D eigenvalue weighted by Crippen LogP contribution is -2.22. The third-order valence-electron chi connectivity index (χ3n) is 4.04. The van der Waals surface area contributed by atoms with E-state index in [1.54, 1.807) is 4.68 Å². The van der Waals surface area contributed by atoms with E-state index in [1.807, 2.05) is 84.9 Å². The van der Waals surface area contributed by atoms with Gasteiger partial charge in [0, 0.05) is 5.56 Å². The highest BCUT2D eigenvalue weighted by Crippen LogP contribution is 2.25. The summed E-state index contributed by atoms with van der Waals surface area (Å²) in [4.78, 5) is 13.2. The second kappa shape index (κ2) is 6.08. The Bertz CT molecular complexity index is 977. The molecule has 4 aromatic rings. The number of carbonyl (C=O) groups excluding carboxylic acids is 1. The van der Waals surface area contributed by atoms with E-state index in [2.05, 4.69) is 10.3 Å². The van der Waals surface area contributed by atoms with E-state index in [1.165, 1.54) is 0 Å². The van der Waals surface area contributed by atoms with Gasteiger partial charge in [0.1, 0.15) is 11.6 Å². The minimum absolute atomic E-state index is 0.00236. The van der Waals surface area contributed by atoms with Crippen molar-refractivity contribution in [2.45, 2.75) is 6.04 Å². The first-order valence-electron chi connectivity index (χ1n) is 7.79. The molecule has 0 aliphatic rings. The van der Waals surface area contributed by atoms with Crippen molar-refractivity contribution < 1.29 is 4.79 Å². The molecule has 3 aromatic carbocycles. The van der Waals surface area contributed by atoms with E-state index < -0.39 is 6.04 Å². The van der Waals surface area contributed by atoms with Crippen molar-refractivity contribution in [1.82, 2.24) is 15.0 Å². The fourth-order valence-electron chi connectivity index (χ4n) is 2.88. The number of ketones is 1. The van der Waals surface area contributed by atoms with Crippen molar-refractivity contribution in [2.75, 3.05) is 0 Å². The Morgan fingerprint density at radius 3 is 2.17 bits per heavy atom. The van der Waals surface area contributed by atoms with Gasteiger partial charge in [-0.1, -0.05) is 78.0 Å². The van der Waals surface area contributed by atoms with Crippen molar-refractivity contribution in [2.24, 2.45) is 0 Å². The molecule has 4 rings (SSSR count). The molecule has 0 saturated carbocycles. The number of hydrogen-bond donors (Lipinski definition) is 0. The summed E-state index contributed by atoms with van der Waals surface area (Å²) in [5.74, 6) is -0.00236. The number of carbonyl (C=O) groups is 1. The van der Waals surface area contributed by atoms with Crippen LogP contribution in [0.15, 0.2) is 84.9 Å². The summed E-state index contributed by atoms with van der Waals surface area (Å²) < 4.78 is 1.71. The number of para-hydroxylation sites is 1. The zero-order valence-electron chi connectivity index (χ0n) is 12.9. The van der Waals surface area contributed by atoms with Crippen LogP contribution in [-0.4, -0.2) is 20.8 Å². The maximum atomic E-state index is 13.2. The molecule has 0 spiro atoms. The van der Waals surface area contributed by atoms with Crippen molar-refractivity contribution in [3.63, 3.8) is 0 Å². The molecule has 1 aromatic heterocycles. The predicted octanol–water partition coefficient (Wildman–Crippen LogP) is 3.90. The lowest BCUT2D eigenvalue weighted by molar-refractivity contribution is 0.0941. The first-order chi connectivity index (χ1) is 11.8. The van der Waals surface area contributed by atoms with Crippen LogP contribution in [0.1, 0.15) is 22.0 Å². The van der Waals surface area contributed by atoms with Gasteiger partial charge in [-0.2, -0.15) is 0 Å². The van der Waals surface area contributed by atoms with Gasteiger partial charge in [-0.05, 0) is 17.7 Å². The third kappa shape index (κ3) is 2.48. The van der Waals surface area contributed by atoms with Crippen LogP contribution >= 0.6 is 0 Å². The molecule has 4 heteroatoms. The lowest BCUT2D eigenvalue weighted by atomic mass is 9.97. The molecule has 116 valence electrons. The fourth-order valence-corrected chi connectivity index (χ4v) is 2.88. The van der Waals surface area contributed by atoms with E-state index in [-0.39, 0.29) is 5.78 Å². The molecule has 0 aliphatic heterocycles. The quantitative estimate of drug-likeness (QED) is 0.537. The second-order valence-corrected chi connectivity index (χ2v) is 5.57. The number of nitrogens with zero attached hydrogens (tertiary/aromatic N) is 3. The van der Waals surface area contributed by atoms with E-state index in [0.29, 0.717) is 5.56 Å². The van der Waals surface area contributed by atoms with Crippen LogP contribution in [0.25, 0.3) is 11.0 Å². The van der Waals surface area contributed by atoms with Gasteiger partial charge in [-0.25, -0.2) is 4.68 Å². The molecule has 0 bridgehead atoms. The van der Waals surface area contributed by atoms with Crippen molar-refractivity contribution in [3.8, 4) is 0 Å². The van der Waals surface area contributed by atoms with Crippen molar-refractivity contribution in [3.05, 3.63) is 96.1 Å². The number of Topliss-reactive ketones (excluding diaryl/α,β-unsaturated/α-hetero) is 1. The highest BCUT2D eigenvalue weighted by Gasteiger charge is 2.26. The average Bonchev–Trinajstić information content (AvgIpc) is 3.07. The predicted molar refractivity (Wildman–Crippen MR) is 92.9 cm³/mol. The van der Waals surface area contributed by atoms with E-state index in [9.17, 15) is 4.79 Å². The Hall–Kier alpha value is -3.27. The summed E-state index contributed by atoms with van der Waals surface area (Å²) in [7, 11) is 0. The standard InChI is InChI=1S/C20H15N3O/c24-20(16-11-5-2-6-12-16)19(15-9-3-1-4-10-15)23-18-14-8-7-13-17(18)21-22-23/h1-14,19H/t19-/m1/s1. The van der Waals surface area contributed by atoms with Gasteiger partial charge in [0.2, 0.25) is 0 Å². The fraction of sp³-hybridized carbons (Fsp3) is 0.0500. The van der Waals surface area contributed by atoms with Crippen LogP contribution in [0.4, 0.5) is 0 Å². The summed E-state index contributed by atoms with van der Waals surface area (Å²) in [5.41, 5.74) is 3.17. The Morgan fingerprint density at radius 1 is 0.792 bits per heavy atom. The van der Waals surface area contributed by atoms with Crippen LogP contribution in [0.5, 0.6) is 0 Å². The van der Waals surface area contributed by atoms with E-state index >= 15 is 0 Å². The summed E-state index contributed by atoms with van der Waals surface area (Å²) in [6.45, 7) is 0. The van der Waals surface area contributed by atoms with Crippen LogP contribution < -0.4 is 0 Å². The molecule has 4 nitrogen and oxygen atoms in total. The largest absolute Gasteiger partial charge is 0.291 e. The lowest BCUT2D eigenvalue weighted by Gasteiger charge is -2.17. The van der Waals surface area contributed by atoms with Gasteiger partial charge in [-0.15, -0.1) is 5.10 Å². The Labute approximate surface area is 139 Å². The van der Waals surface area contributed by atoms with Crippen LogP contribution in [0.2, 0.25) is 0 Å². The average molecular weight is 313 g/mol. The highest BCUT2D eigenvalue weighted by molar-refractivity contribution is 6.01. The zero-order valence-corrected chi connectivity index (χ0v) is 12.9. The zero-order chi connectivity index (χ0) is 16.4. The van der Waals surface area contributed by atoms with Crippen LogP contribution in [0, 0.1) is 0 Å². The third-order valence-corrected chi connectivity index (χ3v) is 4.04. The SMILES string of the molecule is O=C(c1ccccc1)[C@@H](c1ccccc1)n1nnc2ccccc21. The summed E-state index contributed by atoms with van der Waals surface area (Å²) in [6, 6.07) is 26.1. The molecule has 0 N–H and O–H groups in total. The highest BCUT2D eigenvalue weighted by atomic mass is 16.1. The second-order valence-electron chi connectivity index (χ2n) is 5.57. The molecular weight excluding hydrogens is 298 g/mol. The maximum absolute atomic E-state index is 13.2. The molecule has 0 saturated heterocycles. The van der Waals surface area contributed by atoms with Gasteiger partial charge in [0.05, 0.1) is 5.52 Å². The number of rotatable bonds is 4. The minimum atomic E-state index is -0.541. The van der Waals surface area contributed by atoms with Gasteiger partial charge in [-0.3, -0.25) is 4.79 Å². The number of fused-ring (bicyclic) bond motifs is 1. The molecule has 0 unspecified atom stereocenters. The van der Waals surface area contributed by atoms with Crippen molar-refractivity contribution in [1.29, 1.82) is 0 Å². The number of benzene rings is 3. The van der Waals surface area contributed by atoms with Crippen LogP contribution in [0.3, 0.4) is 0 Å². The molecule has 0 fully saturated rings. The summed E-state index contributed by atoms with van der Waals surface area (Å²) in [6.07, 6.45) is 0. The molecule has 0 aliphatic carbocycles. The Morgan fingerprint density at radius 2 is 1.42 bits per heavy atom. The Balaban J connectivity index is 1.90. The maximum Gasteiger partial charge on any atom is 0.191 e. The smallest absolute Gasteiger partial charge is 0.191 e. The normalized spacial score (nSPS) is 12.2. The van der Waals surface area contributed by atoms with Gasteiger partial charge in [0.25, 0.3) is 0 Å². The monoisotopic (exact) mass is 313 g/mol. The topological polar surface area (TPSA) is 47.8 Å². The van der Waals surface area contributed by atoms with E-state index in [0.717, 1.165) is 16.6 Å². The van der Waals surface area contributed by atoms with Crippen LogP contribution in [-0.2, 0) is 0 Å². The molecular formula is C20H15N3O. The van der Waals surface area contributed by atoms with E-state index in [4.69, 9.17) is 0 Å². The minimum Gasteiger partial charge on any atom is -0.291 e. The van der Waals surface area contributed by atoms with Crippen molar-refractivity contribution >= 4 is 16.8 Å². The molecule has 1 atom stereocenters. The van der Waals surface area contributed by atoms with Gasteiger partial charge < -0.3 is 0 Å². The number of hydrogen-bond acceptors (Lipinski definition) is 3.